The monoisotopic (exact) mass is 218 g/mol. The van der Waals surface area contributed by atoms with Crippen LogP contribution in [-0.4, -0.2) is 0 Å². The summed E-state index contributed by atoms with van der Waals surface area (Å²) in [5, 5.41) is 0. The zero-order valence-corrected chi connectivity index (χ0v) is 9.52. The summed E-state index contributed by atoms with van der Waals surface area (Å²) >= 11 is 0. The van der Waals surface area contributed by atoms with E-state index < -0.39 is 0 Å². The summed E-state index contributed by atoms with van der Waals surface area (Å²) in [6.07, 6.45) is 2.88. The zero-order valence-electron chi connectivity index (χ0n) is 9.52. The number of benzene rings is 1. The number of hydrogen-bond donors (Lipinski definition) is 0. The molecule has 0 unspecified atom stereocenters. The minimum Gasteiger partial charge on any atom is -0.497 e. The van der Waals surface area contributed by atoms with Gasteiger partial charge in [-0.2, -0.15) is 0 Å². The Morgan fingerprint density at radius 3 is 1.38 bits per heavy atom. The highest BCUT2D eigenvalue weighted by Gasteiger charge is 1.94. The van der Waals surface area contributed by atoms with Gasteiger partial charge >= 0.3 is 0 Å². The van der Waals surface area contributed by atoms with E-state index in [1.807, 2.05) is 24.3 Å². The van der Waals surface area contributed by atoms with Gasteiger partial charge in [0.2, 0.25) is 0 Å². The fraction of sp³-hybridized carbons (Fsp3) is 0.143. The van der Waals surface area contributed by atoms with Crippen molar-refractivity contribution in [2.75, 3.05) is 0 Å². The topological polar surface area (TPSA) is 18.5 Å². The summed E-state index contributed by atoms with van der Waals surface area (Å²) in [6.45, 7) is 14.1. The first-order chi connectivity index (χ1) is 7.86. The van der Waals surface area contributed by atoms with Gasteiger partial charge in [-0.05, 0) is 11.1 Å². The maximum atomic E-state index is 5.06. The Morgan fingerprint density at radius 1 is 0.812 bits per heavy atom. The van der Waals surface area contributed by atoms with Gasteiger partial charge in [-0.3, -0.25) is 0 Å². The minimum absolute atomic E-state index is 0.562. The van der Waals surface area contributed by atoms with E-state index in [0.717, 1.165) is 11.1 Å². The molecule has 0 fully saturated rings. The van der Waals surface area contributed by atoms with Gasteiger partial charge in [-0.1, -0.05) is 37.4 Å². The fourth-order valence-electron chi connectivity index (χ4n) is 1.04. The first-order valence-electron chi connectivity index (χ1n) is 4.89. The Labute approximate surface area is 97.5 Å². The second-order valence-corrected chi connectivity index (χ2v) is 2.77. The van der Waals surface area contributed by atoms with E-state index in [9.17, 15) is 0 Å². The third kappa shape index (κ3) is 5.70. The van der Waals surface area contributed by atoms with Gasteiger partial charge in [0.05, 0.1) is 12.5 Å². The number of hydrogen-bond acceptors (Lipinski definition) is 2. The second kappa shape index (κ2) is 9.59. The molecule has 86 valence electrons. The minimum atomic E-state index is 0.562. The lowest BCUT2D eigenvalue weighted by Crippen LogP contribution is -1.89. The molecule has 1 rings (SSSR count). The van der Waals surface area contributed by atoms with Crippen LogP contribution in [0.3, 0.4) is 0 Å². The van der Waals surface area contributed by atoms with Crippen LogP contribution in [0, 0.1) is 0 Å². The highest BCUT2D eigenvalue weighted by atomic mass is 16.5. The van der Waals surface area contributed by atoms with Gasteiger partial charge in [0.15, 0.2) is 0 Å². The van der Waals surface area contributed by atoms with Gasteiger partial charge < -0.3 is 9.47 Å². The van der Waals surface area contributed by atoms with E-state index in [1.165, 1.54) is 12.5 Å². The predicted octanol–water partition coefficient (Wildman–Crippen LogP) is 3.81. The van der Waals surface area contributed by atoms with Crippen LogP contribution >= 0.6 is 0 Å². The van der Waals surface area contributed by atoms with Crippen LogP contribution in [0.4, 0.5) is 0 Å². The summed E-state index contributed by atoms with van der Waals surface area (Å²) in [7, 11) is 0. The summed E-state index contributed by atoms with van der Waals surface area (Å²) in [4.78, 5) is 0. The highest BCUT2D eigenvalue weighted by molar-refractivity contribution is 5.21. The lowest BCUT2D eigenvalue weighted by atomic mass is 10.1. The van der Waals surface area contributed by atoms with Crippen LogP contribution in [0.1, 0.15) is 11.1 Å². The van der Waals surface area contributed by atoms with E-state index in [-0.39, 0.29) is 0 Å². The normalized spacial score (nSPS) is 8.25. The Balaban J connectivity index is 0.00000106. The molecular formula is C14H18O2. The van der Waals surface area contributed by atoms with Crippen LogP contribution in [-0.2, 0) is 22.7 Å². The van der Waals surface area contributed by atoms with Crippen molar-refractivity contribution in [1.82, 2.24) is 0 Å². The molecule has 2 nitrogen and oxygen atoms in total. The lowest BCUT2D eigenvalue weighted by Gasteiger charge is -2.03. The molecule has 0 saturated heterocycles. The van der Waals surface area contributed by atoms with Crippen molar-refractivity contribution >= 4 is 0 Å². The van der Waals surface area contributed by atoms with Crippen molar-refractivity contribution < 1.29 is 9.47 Å². The largest absolute Gasteiger partial charge is 0.497 e. The van der Waals surface area contributed by atoms with Gasteiger partial charge in [-0.15, -0.1) is 13.2 Å². The molecule has 0 saturated carbocycles. The van der Waals surface area contributed by atoms with Crippen LogP contribution in [0.2, 0.25) is 0 Å². The average Bonchev–Trinajstić information content (AvgIpc) is 2.37. The smallest absolute Gasteiger partial charge is 0.112 e. The van der Waals surface area contributed by atoms with Crippen molar-refractivity contribution in [1.29, 1.82) is 0 Å². The molecule has 16 heavy (non-hydrogen) atoms. The molecule has 0 bridgehead atoms. The summed E-state index contributed by atoms with van der Waals surface area (Å²) in [5.74, 6) is 0. The van der Waals surface area contributed by atoms with Crippen molar-refractivity contribution in [2.45, 2.75) is 13.2 Å². The van der Waals surface area contributed by atoms with Crippen LogP contribution in [0.25, 0.3) is 0 Å². The maximum absolute atomic E-state index is 5.06. The van der Waals surface area contributed by atoms with Crippen molar-refractivity contribution in [2.24, 2.45) is 0 Å². The number of ether oxygens (including phenoxy) is 2. The molecule has 0 atom stereocenters. The first kappa shape index (κ1) is 14.0. The molecular weight excluding hydrogens is 200 g/mol. The first-order valence-corrected chi connectivity index (χ1v) is 4.89. The summed E-state index contributed by atoms with van der Waals surface area (Å²) in [5.41, 5.74) is 2.24. The van der Waals surface area contributed by atoms with Crippen LogP contribution in [0.15, 0.2) is 63.1 Å². The maximum Gasteiger partial charge on any atom is 0.112 e. The van der Waals surface area contributed by atoms with Gasteiger partial charge in [0.25, 0.3) is 0 Å². The standard InChI is InChI=1S/C12H14O2.C2H4/c1-3-13-9-11-5-7-12(8-6-11)10-14-4-2;1-2/h3-8H,1-2,9-10H2;1-2H2. The molecule has 0 spiro atoms. The summed E-state index contributed by atoms with van der Waals surface area (Å²) < 4.78 is 10.1. The van der Waals surface area contributed by atoms with E-state index in [1.54, 1.807) is 0 Å². The molecule has 0 heterocycles. The van der Waals surface area contributed by atoms with Crippen LogP contribution in [0.5, 0.6) is 0 Å². The molecule has 0 N–H and O–H groups in total. The molecule has 0 aliphatic heterocycles. The molecule has 1 aromatic carbocycles. The fourth-order valence-corrected chi connectivity index (χ4v) is 1.04. The summed E-state index contributed by atoms with van der Waals surface area (Å²) in [6, 6.07) is 8.02. The number of rotatable bonds is 6. The average molecular weight is 218 g/mol. The Hall–Kier alpha value is -1.96. The SMILES string of the molecule is C=C.C=COCc1ccc(COC=C)cc1. The van der Waals surface area contributed by atoms with Gasteiger partial charge in [0.1, 0.15) is 13.2 Å². The van der Waals surface area contributed by atoms with Crippen molar-refractivity contribution in [3.8, 4) is 0 Å². The Bertz CT molecular complexity index is 270. The third-order valence-electron chi connectivity index (χ3n) is 1.76. The quantitative estimate of drug-likeness (QED) is 0.534. The zero-order chi connectivity index (χ0) is 12.2. The molecule has 0 amide bonds. The lowest BCUT2D eigenvalue weighted by molar-refractivity contribution is 0.234. The van der Waals surface area contributed by atoms with Gasteiger partial charge in [-0.25, -0.2) is 0 Å². The Kier molecular flexibility index (Phi) is 8.41. The second-order valence-electron chi connectivity index (χ2n) is 2.77. The third-order valence-corrected chi connectivity index (χ3v) is 1.76. The molecule has 0 aliphatic rings. The van der Waals surface area contributed by atoms with E-state index in [4.69, 9.17) is 9.47 Å². The predicted molar refractivity (Wildman–Crippen MR) is 67.7 cm³/mol. The van der Waals surface area contributed by atoms with E-state index >= 15 is 0 Å². The molecule has 0 radical (unpaired) electrons. The van der Waals surface area contributed by atoms with E-state index in [0.29, 0.717) is 13.2 Å². The molecule has 0 aliphatic carbocycles. The molecule has 2 heteroatoms. The molecule has 0 aromatic heterocycles. The molecule has 1 aromatic rings. The highest BCUT2D eigenvalue weighted by Crippen LogP contribution is 2.07. The van der Waals surface area contributed by atoms with Crippen LogP contribution < -0.4 is 0 Å². The van der Waals surface area contributed by atoms with Crippen molar-refractivity contribution in [3.05, 3.63) is 74.2 Å². The van der Waals surface area contributed by atoms with E-state index in [2.05, 4.69) is 26.3 Å². The van der Waals surface area contributed by atoms with Crippen molar-refractivity contribution in [3.63, 3.8) is 0 Å². The van der Waals surface area contributed by atoms with Gasteiger partial charge in [0, 0.05) is 0 Å². The Morgan fingerprint density at radius 2 is 1.12 bits per heavy atom.